The molecule has 0 heterocycles. The van der Waals surface area contributed by atoms with E-state index in [9.17, 15) is 4.79 Å². The highest BCUT2D eigenvalue weighted by Crippen LogP contribution is 2.38. The smallest absolute Gasteiger partial charge is 0.224 e. The number of carbonyl (C=O) groups excluding carboxylic acids is 1. The number of hydrogen-bond acceptors (Lipinski definition) is 1. The SMILES string of the molecule is CCCCCCCC(=O)Nc1cccc2c3ccccc3c3ccccc3c12. The molecule has 4 aromatic carbocycles. The average molecular weight is 370 g/mol. The minimum atomic E-state index is 0.112. The number of carbonyl (C=O) groups is 1. The first-order chi connectivity index (χ1) is 13.8. The predicted octanol–water partition coefficient (Wildman–Crippen LogP) is 7.45. The third-order valence-corrected chi connectivity index (χ3v) is 5.55. The number of anilines is 1. The molecular formula is C26H27NO. The Morgan fingerprint density at radius 3 is 1.86 bits per heavy atom. The van der Waals surface area contributed by atoms with E-state index in [1.807, 2.05) is 12.1 Å². The molecule has 2 heteroatoms. The van der Waals surface area contributed by atoms with Crippen LogP contribution < -0.4 is 5.32 Å². The second-order valence-electron chi connectivity index (χ2n) is 7.53. The maximum absolute atomic E-state index is 12.6. The summed E-state index contributed by atoms with van der Waals surface area (Å²) in [7, 11) is 0. The van der Waals surface area contributed by atoms with Gasteiger partial charge in [-0.2, -0.15) is 0 Å². The Hall–Kier alpha value is -2.87. The van der Waals surface area contributed by atoms with E-state index in [4.69, 9.17) is 0 Å². The van der Waals surface area contributed by atoms with Gasteiger partial charge in [-0.05, 0) is 39.4 Å². The molecule has 0 saturated carbocycles. The fourth-order valence-corrected chi connectivity index (χ4v) is 4.16. The molecule has 1 amide bonds. The fourth-order valence-electron chi connectivity index (χ4n) is 4.16. The number of hydrogen-bond donors (Lipinski definition) is 1. The Labute approximate surface area is 166 Å². The molecule has 2 nitrogen and oxygen atoms in total. The highest BCUT2D eigenvalue weighted by Gasteiger charge is 2.12. The van der Waals surface area contributed by atoms with Gasteiger partial charge < -0.3 is 5.32 Å². The van der Waals surface area contributed by atoms with Crippen LogP contribution in [0.15, 0.2) is 66.7 Å². The first-order valence-electron chi connectivity index (χ1n) is 10.4. The fraction of sp³-hybridized carbons (Fsp3) is 0.269. The highest BCUT2D eigenvalue weighted by atomic mass is 16.1. The van der Waals surface area contributed by atoms with Crippen molar-refractivity contribution in [2.45, 2.75) is 45.4 Å². The zero-order chi connectivity index (χ0) is 19.3. The van der Waals surface area contributed by atoms with Crippen LogP contribution >= 0.6 is 0 Å². The molecule has 0 saturated heterocycles. The van der Waals surface area contributed by atoms with E-state index in [1.165, 1.54) is 46.2 Å². The van der Waals surface area contributed by atoms with Crippen LogP contribution in [0.3, 0.4) is 0 Å². The molecule has 4 aromatic rings. The summed E-state index contributed by atoms with van der Waals surface area (Å²) in [6.45, 7) is 2.21. The number of nitrogens with one attached hydrogen (secondary N) is 1. The molecule has 0 fully saturated rings. The standard InChI is InChI=1S/C26H27NO/c1-2-3-4-5-6-18-25(28)27-24-17-11-16-23-21-13-8-7-12-19(21)20-14-9-10-15-22(20)26(23)24/h7-17H,2-6,18H2,1H3,(H,27,28). The molecule has 0 aliphatic heterocycles. The first-order valence-corrected chi connectivity index (χ1v) is 10.4. The summed E-state index contributed by atoms with van der Waals surface area (Å²) in [4.78, 5) is 12.6. The van der Waals surface area contributed by atoms with Crippen LogP contribution in [0.1, 0.15) is 45.4 Å². The van der Waals surface area contributed by atoms with Gasteiger partial charge in [-0.1, -0.05) is 93.3 Å². The van der Waals surface area contributed by atoms with Crippen molar-refractivity contribution in [1.29, 1.82) is 0 Å². The molecular weight excluding hydrogens is 342 g/mol. The van der Waals surface area contributed by atoms with Gasteiger partial charge in [0.05, 0.1) is 0 Å². The summed E-state index contributed by atoms with van der Waals surface area (Å²) in [6.07, 6.45) is 6.37. The molecule has 0 radical (unpaired) electrons. The minimum Gasteiger partial charge on any atom is -0.325 e. The van der Waals surface area contributed by atoms with E-state index in [0.717, 1.165) is 23.9 Å². The van der Waals surface area contributed by atoms with Crippen molar-refractivity contribution in [3.05, 3.63) is 66.7 Å². The van der Waals surface area contributed by atoms with Crippen LogP contribution in [-0.4, -0.2) is 5.91 Å². The molecule has 0 aliphatic rings. The third kappa shape index (κ3) is 3.60. The van der Waals surface area contributed by atoms with Gasteiger partial charge in [0.15, 0.2) is 0 Å². The van der Waals surface area contributed by atoms with Gasteiger partial charge in [-0.15, -0.1) is 0 Å². The van der Waals surface area contributed by atoms with E-state index in [2.05, 4.69) is 66.8 Å². The molecule has 1 N–H and O–H groups in total. The molecule has 0 aliphatic carbocycles. The molecule has 0 atom stereocenters. The summed E-state index contributed by atoms with van der Waals surface area (Å²) in [5, 5.41) is 10.4. The second-order valence-corrected chi connectivity index (χ2v) is 7.53. The number of rotatable bonds is 7. The van der Waals surface area contributed by atoms with Crippen molar-refractivity contribution in [3.8, 4) is 0 Å². The molecule has 0 bridgehead atoms. The molecule has 0 spiro atoms. The van der Waals surface area contributed by atoms with Crippen molar-refractivity contribution in [2.75, 3.05) is 5.32 Å². The summed E-state index contributed by atoms with van der Waals surface area (Å²) in [5.41, 5.74) is 0.915. The molecule has 142 valence electrons. The average Bonchev–Trinajstić information content (AvgIpc) is 2.74. The minimum absolute atomic E-state index is 0.112. The molecule has 0 unspecified atom stereocenters. The van der Waals surface area contributed by atoms with Gasteiger partial charge in [-0.3, -0.25) is 4.79 Å². The number of benzene rings is 4. The summed E-state index contributed by atoms with van der Waals surface area (Å²) in [5.74, 6) is 0.112. The maximum Gasteiger partial charge on any atom is 0.224 e. The zero-order valence-corrected chi connectivity index (χ0v) is 16.5. The summed E-state index contributed by atoms with van der Waals surface area (Å²) in [6, 6.07) is 23.2. The lowest BCUT2D eigenvalue weighted by Crippen LogP contribution is -2.11. The molecule has 28 heavy (non-hydrogen) atoms. The van der Waals surface area contributed by atoms with Crippen LogP contribution in [0.5, 0.6) is 0 Å². The van der Waals surface area contributed by atoms with E-state index in [0.29, 0.717) is 6.42 Å². The lowest BCUT2D eigenvalue weighted by molar-refractivity contribution is -0.116. The van der Waals surface area contributed by atoms with E-state index in [-0.39, 0.29) is 5.91 Å². The van der Waals surface area contributed by atoms with Gasteiger partial charge in [0, 0.05) is 17.5 Å². The highest BCUT2D eigenvalue weighted by molar-refractivity contribution is 6.28. The molecule has 4 rings (SSSR count). The summed E-state index contributed by atoms with van der Waals surface area (Å²) < 4.78 is 0. The lowest BCUT2D eigenvalue weighted by atomic mass is 9.93. The Bertz CT molecular complexity index is 1080. The van der Waals surface area contributed by atoms with Gasteiger partial charge in [0.1, 0.15) is 0 Å². The van der Waals surface area contributed by atoms with Crippen LogP contribution in [-0.2, 0) is 4.79 Å². The van der Waals surface area contributed by atoms with Gasteiger partial charge >= 0.3 is 0 Å². The van der Waals surface area contributed by atoms with Crippen molar-refractivity contribution in [3.63, 3.8) is 0 Å². The first kappa shape index (κ1) is 18.5. The van der Waals surface area contributed by atoms with E-state index in [1.54, 1.807) is 0 Å². The topological polar surface area (TPSA) is 29.1 Å². The van der Waals surface area contributed by atoms with Crippen molar-refractivity contribution < 1.29 is 4.79 Å². The van der Waals surface area contributed by atoms with Gasteiger partial charge in [0.25, 0.3) is 0 Å². The predicted molar refractivity (Wildman–Crippen MR) is 121 cm³/mol. The van der Waals surface area contributed by atoms with Crippen LogP contribution in [0.2, 0.25) is 0 Å². The van der Waals surface area contributed by atoms with Crippen molar-refractivity contribution in [1.82, 2.24) is 0 Å². The zero-order valence-electron chi connectivity index (χ0n) is 16.5. The molecule has 0 aromatic heterocycles. The Kier molecular flexibility index (Phi) is 5.57. The normalized spacial score (nSPS) is 11.3. The summed E-state index contributed by atoms with van der Waals surface area (Å²) >= 11 is 0. The lowest BCUT2D eigenvalue weighted by Gasteiger charge is -2.14. The Morgan fingerprint density at radius 1 is 0.679 bits per heavy atom. The van der Waals surface area contributed by atoms with Crippen LogP contribution in [0, 0.1) is 0 Å². The van der Waals surface area contributed by atoms with Gasteiger partial charge in [0.2, 0.25) is 5.91 Å². The van der Waals surface area contributed by atoms with Gasteiger partial charge in [-0.25, -0.2) is 0 Å². The second kappa shape index (κ2) is 8.43. The van der Waals surface area contributed by atoms with E-state index < -0.39 is 0 Å². The van der Waals surface area contributed by atoms with Crippen LogP contribution in [0.4, 0.5) is 5.69 Å². The van der Waals surface area contributed by atoms with Crippen molar-refractivity contribution in [2.24, 2.45) is 0 Å². The van der Waals surface area contributed by atoms with Crippen molar-refractivity contribution >= 4 is 43.9 Å². The monoisotopic (exact) mass is 369 g/mol. The Morgan fingerprint density at radius 2 is 1.21 bits per heavy atom. The number of fused-ring (bicyclic) bond motifs is 6. The van der Waals surface area contributed by atoms with E-state index >= 15 is 0 Å². The number of amides is 1. The third-order valence-electron chi connectivity index (χ3n) is 5.55. The van der Waals surface area contributed by atoms with Crippen LogP contribution in [0.25, 0.3) is 32.3 Å². The Balaban J connectivity index is 1.73. The number of unbranched alkanes of at least 4 members (excludes halogenated alkanes) is 4. The quantitative estimate of drug-likeness (QED) is 0.266. The largest absolute Gasteiger partial charge is 0.325 e. The maximum atomic E-state index is 12.6.